The molecule has 0 saturated heterocycles. The van der Waals surface area contributed by atoms with E-state index in [2.05, 4.69) is 0 Å². The predicted octanol–water partition coefficient (Wildman–Crippen LogP) is 6.72. The number of hydrogen-bond donors (Lipinski definition) is 1. The third kappa shape index (κ3) is 4.59. The summed E-state index contributed by atoms with van der Waals surface area (Å²) in [5.74, 6) is -27.5. The Morgan fingerprint density at radius 3 is 0.957 bits per heavy atom. The van der Waals surface area contributed by atoms with Crippen molar-refractivity contribution in [2.75, 3.05) is 0 Å². The van der Waals surface area contributed by atoms with Crippen LogP contribution < -0.4 is 5.73 Å². The Kier molecular flexibility index (Phi) is 8.28. The van der Waals surface area contributed by atoms with E-state index in [1.165, 1.54) is 5.92 Å². The van der Waals surface area contributed by atoms with Gasteiger partial charge in [-0.1, -0.05) is 5.92 Å². The fourth-order valence-electron chi connectivity index (χ4n) is 4.45. The third-order valence-corrected chi connectivity index (χ3v) is 6.61. The summed E-state index contributed by atoms with van der Waals surface area (Å²) in [6.07, 6.45) is 4.82. The van der Waals surface area contributed by atoms with Crippen molar-refractivity contribution in [1.82, 2.24) is 0 Å². The van der Waals surface area contributed by atoms with Crippen LogP contribution in [0.25, 0.3) is 16.8 Å². The minimum Gasteiger partial charge on any atom is -0.398 e. The van der Waals surface area contributed by atoms with Crippen molar-refractivity contribution in [2.45, 2.75) is 0 Å². The van der Waals surface area contributed by atoms with Crippen LogP contribution in [0.1, 0.15) is 33.4 Å². The molecule has 3 aromatic rings. The molecule has 0 radical (unpaired) electrons. The first kappa shape index (κ1) is 33.3. The highest BCUT2D eigenvalue weighted by molar-refractivity contribution is 6.10. The first-order chi connectivity index (χ1) is 22.1. The molecular formula is C30H3F12N5. The van der Waals surface area contributed by atoms with Crippen LogP contribution in [-0.4, -0.2) is 0 Å². The predicted molar refractivity (Wildman–Crippen MR) is 132 cm³/mol. The van der Waals surface area contributed by atoms with Gasteiger partial charge < -0.3 is 5.73 Å². The van der Waals surface area contributed by atoms with Gasteiger partial charge in [-0.05, 0) is 0 Å². The summed E-state index contributed by atoms with van der Waals surface area (Å²) in [7, 11) is 0. The van der Waals surface area contributed by atoms with Crippen LogP contribution >= 0.6 is 0 Å². The fraction of sp³-hybridized carbons (Fsp3) is 0. The number of nitriles is 4. The van der Waals surface area contributed by atoms with Crippen molar-refractivity contribution < 1.29 is 52.7 Å². The number of nitrogens with zero attached hydrogens (tertiary/aromatic N) is 4. The Hall–Kier alpha value is -6.64. The van der Waals surface area contributed by atoms with E-state index >= 15 is 17.6 Å². The second-order valence-electron chi connectivity index (χ2n) is 8.90. The van der Waals surface area contributed by atoms with Gasteiger partial charge in [0, 0.05) is 16.7 Å². The second-order valence-corrected chi connectivity index (χ2v) is 8.90. The van der Waals surface area contributed by atoms with Gasteiger partial charge in [0.05, 0.1) is 33.5 Å². The number of hydrogen-bond acceptors (Lipinski definition) is 5. The average molecular weight is 661 g/mol. The van der Waals surface area contributed by atoms with Gasteiger partial charge in [0.1, 0.15) is 41.0 Å². The molecule has 0 heterocycles. The van der Waals surface area contributed by atoms with Gasteiger partial charge in [0.25, 0.3) is 0 Å². The molecule has 1 fully saturated rings. The molecule has 0 aromatic heterocycles. The lowest BCUT2D eigenvalue weighted by Crippen LogP contribution is -2.10. The molecule has 3 aromatic carbocycles. The van der Waals surface area contributed by atoms with Crippen LogP contribution in [0.15, 0.2) is 16.7 Å². The van der Waals surface area contributed by atoms with Crippen molar-refractivity contribution in [3.63, 3.8) is 0 Å². The normalized spacial score (nSPS) is 15.1. The van der Waals surface area contributed by atoms with Gasteiger partial charge >= 0.3 is 0 Å². The molecule has 232 valence electrons. The lowest BCUT2D eigenvalue weighted by molar-refractivity contribution is 0.446. The van der Waals surface area contributed by atoms with Crippen LogP contribution in [0.5, 0.6) is 0 Å². The van der Waals surface area contributed by atoms with E-state index < -0.39 is 137 Å². The van der Waals surface area contributed by atoms with Crippen molar-refractivity contribution in [1.29, 1.82) is 21.0 Å². The molecule has 0 atom stereocenters. The number of halogens is 12. The van der Waals surface area contributed by atoms with Crippen molar-refractivity contribution in [2.24, 2.45) is 5.73 Å². The first-order valence-corrected chi connectivity index (χ1v) is 11.7. The summed E-state index contributed by atoms with van der Waals surface area (Å²) in [4.78, 5) is 0. The second kappa shape index (κ2) is 11.7. The molecule has 0 amide bonds. The maximum atomic E-state index is 15.0. The van der Waals surface area contributed by atoms with E-state index in [0.29, 0.717) is 0 Å². The molecular weight excluding hydrogens is 658 g/mol. The van der Waals surface area contributed by atoms with Gasteiger partial charge in [-0.3, -0.25) is 0 Å². The van der Waals surface area contributed by atoms with Gasteiger partial charge in [0.15, 0.2) is 69.8 Å². The van der Waals surface area contributed by atoms with Crippen LogP contribution in [-0.2, 0) is 0 Å². The molecule has 47 heavy (non-hydrogen) atoms. The fourth-order valence-corrected chi connectivity index (χ4v) is 4.45. The highest BCUT2D eigenvalue weighted by Gasteiger charge is 2.45. The summed E-state index contributed by atoms with van der Waals surface area (Å²) >= 11 is 0. The molecule has 1 aliphatic carbocycles. The van der Waals surface area contributed by atoms with E-state index in [9.17, 15) is 45.6 Å². The lowest BCUT2D eigenvalue weighted by Gasteiger charge is -2.09. The van der Waals surface area contributed by atoms with Crippen LogP contribution in [0.3, 0.4) is 0 Å². The number of nitrogens with two attached hydrogens (primary N) is 1. The molecule has 0 bridgehead atoms. The SMILES string of the molecule is C#Cc1c(F)c(F)c(C(C#N)=C2C(=C(N)c3c(F)c(F)c(C#N)c(F)c3F)C2=C(C#N)c2c(F)c(F)c(C#N)c(F)c2F)c(F)c1F. The Balaban J connectivity index is 2.33. The molecule has 1 aliphatic rings. The maximum Gasteiger partial charge on any atom is 0.180 e. The molecule has 1 saturated carbocycles. The third-order valence-electron chi connectivity index (χ3n) is 6.61. The van der Waals surface area contributed by atoms with Crippen LogP contribution in [0, 0.1) is 127 Å². The molecule has 4 rings (SSSR count). The minimum atomic E-state index is -2.48. The van der Waals surface area contributed by atoms with Crippen molar-refractivity contribution in [3.05, 3.63) is 120 Å². The zero-order valence-corrected chi connectivity index (χ0v) is 22.0. The largest absolute Gasteiger partial charge is 0.398 e. The zero-order valence-electron chi connectivity index (χ0n) is 22.0. The van der Waals surface area contributed by atoms with Gasteiger partial charge in [0.2, 0.25) is 0 Å². The summed E-state index contributed by atoms with van der Waals surface area (Å²) < 4.78 is 177. The molecule has 0 spiro atoms. The van der Waals surface area contributed by atoms with Gasteiger partial charge in [-0.25, -0.2) is 52.7 Å². The summed E-state index contributed by atoms with van der Waals surface area (Å²) in [6, 6.07) is 3.60. The van der Waals surface area contributed by atoms with E-state index in [0.717, 1.165) is 24.3 Å². The smallest absolute Gasteiger partial charge is 0.180 e. The number of benzene rings is 3. The topological polar surface area (TPSA) is 121 Å². The van der Waals surface area contributed by atoms with Gasteiger partial charge in [-0.2, -0.15) is 21.0 Å². The standard InChI is InChI=1S/C30H3F12N5/c1-2-7-18(31)24(37)14(25(38)19(7)32)8(3-43)12-13(9(4-44)15-26(39)20(33)10(5-45)21(34)27(15)40)16(12)30(47)17-28(41)22(35)11(6-46)23(36)29(17)42/h1H,47H2. The number of allylic oxidation sites excluding steroid dienone is 5. The minimum absolute atomic E-state index is 0.789. The van der Waals surface area contributed by atoms with Crippen LogP contribution in [0.2, 0.25) is 0 Å². The lowest BCUT2D eigenvalue weighted by atomic mass is 9.99. The van der Waals surface area contributed by atoms with Crippen LogP contribution in [0.4, 0.5) is 52.7 Å². The van der Waals surface area contributed by atoms with E-state index in [1.807, 2.05) is 0 Å². The Bertz CT molecular complexity index is 2130. The zero-order chi connectivity index (χ0) is 35.4. The summed E-state index contributed by atoms with van der Waals surface area (Å²) in [6.45, 7) is 0. The highest BCUT2D eigenvalue weighted by Crippen LogP contribution is 2.56. The van der Waals surface area contributed by atoms with Gasteiger partial charge in [-0.15, -0.1) is 6.42 Å². The molecule has 0 unspecified atom stereocenters. The number of terminal acetylenes is 1. The summed E-state index contributed by atoms with van der Waals surface area (Å²) in [5.41, 5.74) is -14.5. The quantitative estimate of drug-likeness (QED) is 0.145. The molecule has 0 aliphatic heterocycles. The average Bonchev–Trinajstić information content (AvgIpc) is 3.77. The van der Waals surface area contributed by atoms with Crippen molar-refractivity contribution >= 4 is 16.8 Å². The van der Waals surface area contributed by atoms with Crippen molar-refractivity contribution in [3.8, 4) is 36.6 Å². The van der Waals surface area contributed by atoms with E-state index in [1.54, 1.807) is 0 Å². The summed E-state index contributed by atoms with van der Waals surface area (Å²) in [5, 5.41) is 37.2. The molecule has 17 heteroatoms. The van der Waals surface area contributed by atoms with E-state index in [4.69, 9.17) is 22.7 Å². The Labute approximate surface area is 253 Å². The Morgan fingerprint density at radius 2 is 0.702 bits per heavy atom. The monoisotopic (exact) mass is 661 g/mol. The highest BCUT2D eigenvalue weighted by atomic mass is 19.2. The maximum absolute atomic E-state index is 15.0. The number of rotatable bonds is 3. The molecule has 5 nitrogen and oxygen atoms in total. The molecule has 2 N–H and O–H groups in total. The Morgan fingerprint density at radius 1 is 0.426 bits per heavy atom. The first-order valence-electron chi connectivity index (χ1n) is 11.7. The van der Waals surface area contributed by atoms with E-state index in [-0.39, 0.29) is 0 Å².